The molecule has 108 valence electrons. The molecule has 7 heteroatoms. The number of hydrogen-bond donors (Lipinski definition) is 1. The largest absolute Gasteiger partial charge is 0.356 e. The third-order valence-electron chi connectivity index (χ3n) is 3.12. The van der Waals surface area contributed by atoms with E-state index < -0.39 is 0 Å². The summed E-state index contributed by atoms with van der Waals surface area (Å²) in [6, 6.07) is 7.45. The van der Waals surface area contributed by atoms with Gasteiger partial charge in [-0.3, -0.25) is 9.48 Å². The van der Waals surface area contributed by atoms with E-state index in [-0.39, 0.29) is 18.4 Å². The highest BCUT2D eigenvalue weighted by Gasteiger charge is 2.14. The summed E-state index contributed by atoms with van der Waals surface area (Å²) in [4.78, 5) is 15.9. The molecule has 0 radical (unpaired) electrons. The van der Waals surface area contributed by atoms with Crippen molar-refractivity contribution in [2.75, 3.05) is 0 Å². The van der Waals surface area contributed by atoms with Gasteiger partial charge in [0.05, 0.1) is 13.0 Å². The Labute approximate surface area is 120 Å². The number of carbonyl (C=O) groups is 1. The molecule has 0 aliphatic rings. The molecule has 21 heavy (non-hydrogen) atoms. The van der Waals surface area contributed by atoms with Gasteiger partial charge in [0.1, 0.15) is 18.3 Å². The van der Waals surface area contributed by atoms with Gasteiger partial charge >= 0.3 is 0 Å². The second-order valence-electron chi connectivity index (χ2n) is 4.89. The molecular weight excluding hydrogens is 270 g/mol. The van der Waals surface area contributed by atoms with Crippen LogP contribution < -0.4 is 5.32 Å². The number of aromatic nitrogens is 4. The van der Waals surface area contributed by atoms with Crippen LogP contribution in [0.5, 0.6) is 0 Å². The fraction of sp³-hybridized carbons (Fsp3) is 0.286. The van der Waals surface area contributed by atoms with Crippen molar-refractivity contribution >= 4 is 16.9 Å². The van der Waals surface area contributed by atoms with Crippen LogP contribution in [0.4, 0.5) is 0 Å². The summed E-state index contributed by atoms with van der Waals surface area (Å²) in [7, 11) is 0. The number of para-hydroxylation sites is 1. The molecule has 3 rings (SSSR count). The van der Waals surface area contributed by atoms with Crippen LogP contribution in [-0.4, -0.2) is 31.9 Å². The van der Waals surface area contributed by atoms with E-state index in [0.29, 0.717) is 17.8 Å². The van der Waals surface area contributed by atoms with Crippen LogP contribution in [-0.2, 0) is 17.8 Å². The normalized spacial score (nSPS) is 12.4. The van der Waals surface area contributed by atoms with Crippen molar-refractivity contribution < 1.29 is 9.32 Å². The number of rotatable bonds is 5. The molecule has 0 bridgehead atoms. The third-order valence-corrected chi connectivity index (χ3v) is 3.12. The Hall–Kier alpha value is -2.70. The van der Waals surface area contributed by atoms with E-state index in [1.807, 2.05) is 31.2 Å². The zero-order chi connectivity index (χ0) is 14.7. The van der Waals surface area contributed by atoms with E-state index in [4.69, 9.17) is 4.52 Å². The number of nitrogens with one attached hydrogen (secondary N) is 1. The van der Waals surface area contributed by atoms with E-state index in [2.05, 4.69) is 20.6 Å². The zero-order valence-electron chi connectivity index (χ0n) is 11.6. The summed E-state index contributed by atoms with van der Waals surface area (Å²) in [6.45, 7) is 2.49. The van der Waals surface area contributed by atoms with Gasteiger partial charge in [-0.1, -0.05) is 17.3 Å². The summed E-state index contributed by atoms with van der Waals surface area (Å²) < 4.78 is 6.86. The van der Waals surface area contributed by atoms with E-state index in [1.54, 1.807) is 11.0 Å². The Balaban J connectivity index is 1.61. The number of amides is 1. The molecule has 2 aromatic heterocycles. The molecule has 1 aromatic carbocycles. The van der Waals surface area contributed by atoms with Gasteiger partial charge in [-0.2, -0.15) is 5.10 Å². The van der Waals surface area contributed by atoms with E-state index in [1.165, 1.54) is 6.33 Å². The lowest BCUT2D eigenvalue weighted by molar-refractivity contribution is -0.121. The fourth-order valence-corrected chi connectivity index (χ4v) is 2.20. The van der Waals surface area contributed by atoms with Gasteiger partial charge in [0.2, 0.25) is 5.91 Å². The molecule has 3 aromatic rings. The highest BCUT2D eigenvalue weighted by atomic mass is 16.5. The van der Waals surface area contributed by atoms with Crippen LogP contribution >= 0.6 is 0 Å². The van der Waals surface area contributed by atoms with Gasteiger partial charge in [0.25, 0.3) is 0 Å². The summed E-state index contributed by atoms with van der Waals surface area (Å²) in [5, 5.41) is 11.7. The van der Waals surface area contributed by atoms with Gasteiger partial charge in [-0.15, -0.1) is 0 Å². The number of hydrogen-bond acceptors (Lipinski definition) is 5. The first-order chi connectivity index (χ1) is 10.2. The lowest BCUT2D eigenvalue weighted by atomic mass is 10.1. The van der Waals surface area contributed by atoms with Gasteiger partial charge in [0.15, 0.2) is 5.58 Å². The van der Waals surface area contributed by atoms with Crippen LogP contribution in [0.25, 0.3) is 11.0 Å². The zero-order valence-corrected chi connectivity index (χ0v) is 11.6. The average molecular weight is 285 g/mol. The van der Waals surface area contributed by atoms with Crippen LogP contribution in [0.2, 0.25) is 0 Å². The SMILES string of the molecule is CC(Cn1cncn1)NC(=O)Cc1noc2ccccc12. The molecule has 1 amide bonds. The minimum absolute atomic E-state index is 0.0441. The maximum Gasteiger partial charge on any atom is 0.226 e. The molecule has 1 atom stereocenters. The second kappa shape index (κ2) is 5.74. The minimum Gasteiger partial charge on any atom is -0.356 e. The summed E-state index contributed by atoms with van der Waals surface area (Å²) >= 11 is 0. The van der Waals surface area contributed by atoms with Crippen molar-refractivity contribution in [1.82, 2.24) is 25.2 Å². The van der Waals surface area contributed by atoms with Gasteiger partial charge in [-0.05, 0) is 19.1 Å². The monoisotopic (exact) mass is 285 g/mol. The molecule has 1 unspecified atom stereocenters. The average Bonchev–Trinajstić information content (AvgIpc) is 3.09. The predicted molar refractivity (Wildman–Crippen MR) is 75.3 cm³/mol. The van der Waals surface area contributed by atoms with Crippen LogP contribution in [0.1, 0.15) is 12.6 Å². The highest BCUT2D eigenvalue weighted by Crippen LogP contribution is 2.17. The van der Waals surface area contributed by atoms with Crippen molar-refractivity contribution in [1.29, 1.82) is 0 Å². The van der Waals surface area contributed by atoms with Crippen molar-refractivity contribution in [3.8, 4) is 0 Å². The molecule has 0 aliphatic heterocycles. The maximum atomic E-state index is 12.1. The van der Waals surface area contributed by atoms with E-state index in [0.717, 1.165) is 5.39 Å². The van der Waals surface area contributed by atoms with Crippen molar-refractivity contribution in [2.24, 2.45) is 0 Å². The minimum atomic E-state index is -0.0957. The summed E-state index contributed by atoms with van der Waals surface area (Å²) in [6.07, 6.45) is 3.28. The Morgan fingerprint density at radius 1 is 1.43 bits per heavy atom. The van der Waals surface area contributed by atoms with Gasteiger partial charge < -0.3 is 9.84 Å². The van der Waals surface area contributed by atoms with Crippen molar-refractivity contribution in [3.63, 3.8) is 0 Å². The number of fused-ring (bicyclic) bond motifs is 1. The first-order valence-corrected chi connectivity index (χ1v) is 6.67. The topological polar surface area (TPSA) is 85.8 Å². The lowest BCUT2D eigenvalue weighted by Gasteiger charge is -2.12. The van der Waals surface area contributed by atoms with Crippen LogP contribution in [0, 0.1) is 0 Å². The lowest BCUT2D eigenvalue weighted by Crippen LogP contribution is -2.36. The Morgan fingerprint density at radius 2 is 2.29 bits per heavy atom. The van der Waals surface area contributed by atoms with E-state index in [9.17, 15) is 4.79 Å². The second-order valence-corrected chi connectivity index (χ2v) is 4.89. The molecule has 0 saturated carbocycles. The Kier molecular flexibility index (Phi) is 3.63. The highest BCUT2D eigenvalue weighted by molar-refractivity contribution is 5.86. The molecule has 7 nitrogen and oxygen atoms in total. The smallest absolute Gasteiger partial charge is 0.226 e. The third kappa shape index (κ3) is 3.07. The number of nitrogens with zero attached hydrogens (tertiary/aromatic N) is 4. The Morgan fingerprint density at radius 3 is 3.10 bits per heavy atom. The standard InChI is InChI=1S/C14H15N5O2/c1-10(7-19-9-15-8-16-19)17-14(20)6-12-11-4-2-3-5-13(11)21-18-12/h2-5,8-10H,6-7H2,1H3,(H,17,20). The predicted octanol–water partition coefficient (Wildman–Crippen LogP) is 1.17. The quantitative estimate of drug-likeness (QED) is 0.760. The van der Waals surface area contributed by atoms with Crippen molar-refractivity contribution in [2.45, 2.75) is 25.9 Å². The van der Waals surface area contributed by atoms with E-state index >= 15 is 0 Å². The molecule has 0 aliphatic carbocycles. The van der Waals surface area contributed by atoms with Gasteiger partial charge in [-0.25, -0.2) is 4.98 Å². The van der Waals surface area contributed by atoms with Crippen molar-refractivity contribution in [3.05, 3.63) is 42.6 Å². The Bertz CT molecular complexity index is 735. The molecule has 0 saturated heterocycles. The molecule has 1 N–H and O–H groups in total. The van der Waals surface area contributed by atoms with Gasteiger partial charge in [0, 0.05) is 11.4 Å². The fourth-order valence-electron chi connectivity index (χ4n) is 2.20. The molecular formula is C14H15N5O2. The molecule has 0 spiro atoms. The molecule has 0 fully saturated rings. The number of carbonyl (C=O) groups excluding carboxylic acids is 1. The van der Waals surface area contributed by atoms with Crippen LogP contribution in [0.3, 0.4) is 0 Å². The van der Waals surface area contributed by atoms with Crippen LogP contribution in [0.15, 0.2) is 41.4 Å². The maximum absolute atomic E-state index is 12.1. The summed E-state index contributed by atoms with van der Waals surface area (Å²) in [5.74, 6) is -0.0957. The molecule has 2 heterocycles. The first kappa shape index (κ1) is 13.3. The first-order valence-electron chi connectivity index (χ1n) is 6.67. The number of benzene rings is 1. The summed E-state index contributed by atoms with van der Waals surface area (Å²) in [5.41, 5.74) is 1.34.